The van der Waals surface area contributed by atoms with Crippen LogP contribution in [0.1, 0.15) is 23.7 Å². The quantitative estimate of drug-likeness (QED) is 0.416. The second kappa shape index (κ2) is 8.95. The van der Waals surface area contributed by atoms with Gasteiger partial charge >= 0.3 is 0 Å². The Labute approximate surface area is 176 Å². The van der Waals surface area contributed by atoms with Crippen LogP contribution in [0.5, 0.6) is 17.2 Å². The van der Waals surface area contributed by atoms with Crippen LogP contribution in [0, 0.1) is 10.1 Å². The number of aryl methyl sites for hydroxylation is 1. The molecule has 0 bridgehead atoms. The lowest BCUT2D eigenvalue weighted by Crippen LogP contribution is -2.17. The fourth-order valence-corrected chi connectivity index (χ4v) is 4.14. The van der Waals surface area contributed by atoms with Crippen molar-refractivity contribution < 1.29 is 23.9 Å². The van der Waals surface area contributed by atoms with Crippen molar-refractivity contribution in [3.8, 4) is 17.2 Å². The third-order valence-corrected chi connectivity index (χ3v) is 5.47. The molecule has 3 rings (SSSR count). The summed E-state index contributed by atoms with van der Waals surface area (Å²) in [6.07, 6.45) is 0.814. The lowest BCUT2D eigenvalue weighted by Gasteiger charge is -2.12. The van der Waals surface area contributed by atoms with E-state index in [0.29, 0.717) is 33.3 Å². The standard InChI is InChI=1S/C20H21N3O6S/c1-5-8-22-14-7-6-13(23(25)26)11-17(14)30-20(22)21-19(24)12-9-15(27-2)18(29-4)16(10-12)28-3/h6-7,9-11H,5,8H2,1-4H3. The minimum atomic E-state index is -0.486. The molecule has 0 spiro atoms. The average Bonchev–Trinajstić information content (AvgIpc) is 3.08. The molecule has 0 saturated heterocycles. The zero-order valence-electron chi connectivity index (χ0n) is 17.0. The van der Waals surface area contributed by atoms with Crippen LogP contribution in [0.15, 0.2) is 35.3 Å². The molecular formula is C20H21N3O6S. The molecule has 3 aromatic rings. The first-order valence-corrected chi connectivity index (χ1v) is 9.92. The lowest BCUT2D eigenvalue weighted by atomic mass is 10.1. The number of carbonyl (C=O) groups is 1. The maximum atomic E-state index is 12.9. The summed E-state index contributed by atoms with van der Waals surface area (Å²) < 4.78 is 18.5. The van der Waals surface area contributed by atoms with E-state index in [4.69, 9.17) is 14.2 Å². The monoisotopic (exact) mass is 431 g/mol. The van der Waals surface area contributed by atoms with Crippen LogP contribution < -0.4 is 19.0 Å². The van der Waals surface area contributed by atoms with Crippen molar-refractivity contribution in [1.82, 2.24) is 4.57 Å². The number of fused-ring (bicyclic) bond motifs is 1. The molecule has 0 saturated carbocycles. The third-order valence-electron chi connectivity index (χ3n) is 4.43. The molecule has 0 fully saturated rings. The molecule has 0 aliphatic rings. The van der Waals surface area contributed by atoms with Gasteiger partial charge in [0.15, 0.2) is 16.3 Å². The maximum Gasteiger partial charge on any atom is 0.279 e. The number of hydrogen-bond donors (Lipinski definition) is 0. The van der Waals surface area contributed by atoms with E-state index in [1.54, 1.807) is 6.07 Å². The van der Waals surface area contributed by atoms with Crippen molar-refractivity contribution in [2.24, 2.45) is 4.99 Å². The number of benzene rings is 2. The molecule has 158 valence electrons. The predicted octanol–water partition coefficient (Wildman–Crippen LogP) is 3.79. The molecule has 0 unspecified atom stereocenters. The summed E-state index contributed by atoms with van der Waals surface area (Å²) in [5, 5.41) is 11.1. The number of non-ortho nitro benzene ring substituents is 1. The zero-order chi connectivity index (χ0) is 21.8. The highest BCUT2D eigenvalue weighted by molar-refractivity contribution is 7.16. The Morgan fingerprint density at radius 3 is 2.33 bits per heavy atom. The topological polar surface area (TPSA) is 105 Å². The normalized spacial score (nSPS) is 11.5. The molecule has 0 aliphatic carbocycles. The Bertz CT molecular complexity index is 1160. The molecule has 10 heteroatoms. The third kappa shape index (κ3) is 3.99. The SMILES string of the molecule is CCCn1c(=NC(=O)c2cc(OC)c(OC)c(OC)c2)sc2cc([N+](=O)[O-])ccc21. The summed E-state index contributed by atoms with van der Waals surface area (Å²) in [5.41, 5.74) is 1.06. The number of carbonyl (C=O) groups excluding carboxylic acids is 1. The van der Waals surface area contributed by atoms with Gasteiger partial charge in [-0.15, -0.1) is 0 Å². The van der Waals surface area contributed by atoms with Crippen molar-refractivity contribution in [2.75, 3.05) is 21.3 Å². The van der Waals surface area contributed by atoms with Crippen molar-refractivity contribution in [2.45, 2.75) is 19.9 Å². The number of amides is 1. The van der Waals surface area contributed by atoms with Crippen molar-refractivity contribution >= 4 is 33.1 Å². The fourth-order valence-electron chi connectivity index (χ4n) is 3.06. The molecule has 9 nitrogen and oxygen atoms in total. The van der Waals surface area contributed by atoms with E-state index < -0.39 is 10.8 Å². The van der Waals surface area contributed by atoms with Crippen LogP contribution in [0.4, 0.5) is 5.69 Å². The van der Waals surface area contributed by atoms with E-state index in [2.05, 4.69) is 4.99 Å². The van der Waals surface area contributed by atoms with Crippen LogP contribution in [-0.4, -0.2) is 36.7 Å². The minimum absolute atomic E-state index is 0.00472. The summed E-state index contributed by atoms with van der Waals surface area (Å²) in [5.74, 6) is 0.597. The number of ether oxygens (including phenoxy) is 3. The summed E-state index contributed by atoms with van der Waals surface area (Å²) in [7, 11) is 4.42. The Hall–Kier alpha value is -3.40. The van der Waals surface area contributed by atoms with E-state index >= 15 is 0 Å². The summed E-state index contributed by atoms with van der Waals surface area (Å²) in [4.78, 5) is 28.3. The number of thiazole rings is 1. The predicted molar refractivity (Wildman–Crippen MR) is 113 cm³/mol. The Kier molecular flexibility index (Phi) is 6.36. The van der Waals surface area contributed by atoms with Crippen molar-refractivity contribution in [1.29, 1.82) is 0 Å². The summed E-state index contributed by atoms with van der Waals surface area (Å²) in [6.45, 7) is 2.63. The van der Waals surface area contributed by atoms with Gasteiger partial charge in [-0.05, 0) is 24.6 Å². The number of hydrogen-bond acceptors (Lipinski definition) is 7. The van der Waals surface area contributed by atoms with E-state index in [0.717, 1.165) is 11.9 Å². The van der Waals surface area contributed by atoms with Gasteiger partial charge in [-0.2, -0.15) is 4.99 Å². The Morgan fingerprint density at radius 2 is 1.80 bits per heavy atom. The zero-order valence-corrected chi connectivity index (χ0v) is 17.8. The van der Waals surface area contributed by atoms with Crippen LogP contribution in [0.25, 0.3) is 10.2 Å². The summed E-state index contributed by atoms with van der Waals surface area (Å²) >= 11 is 1.23. The van der Waals surface area contributed by atoms with E-state index in [-0.39, 0.29) is 11.3 Å². The summed E-state index contributed by atoms with van der Waals surface area (Å²) in [6, 6.07) is 7.70. The van der Waals surface area contributed by atoms with Gasteiger partial charge in [0.1, 0.15) is 0 Å². The molecule has 30 heavy (non-hydrogen) atoms. The number of nitro groups is 1. The van der Waals surface area contributed by atoms with Gasteiger partial charge in [0, 0.05) is 24.2 Å². The molecule has 0 aliphatic heterocycles. The molecule has 2 aromatic carbocycles. The highest BCUT2D eigenvalue weighted by atomic mass is 32.1. The number of rotatable bonds is 7. The van der Waals surface area contributed by atoms with E-state index in [9.17, 15) is 14.9 Å². The van der Waals surface area contributed by atoms with Gasteiger partial charge in [-0.3, -0.25) is 14.9 Å². The average molecular weight is 431 g/mol. The molecule has 1 aromatic heterocycles. The minimum Gasteiger partial charge on any atom is -0.493 e. The van der Waals surface area contributed by atoms with Gasteiger partial charge < -0.3 is 18.8 Å². The lowest BCUT2D eigenvalue weighted by molar-refractivity contribution is -0.384. The van der Waals surface area contributed by atoms with Crippen molar-refractivity contribution in [3.05, 3.63) is 50.8 Å². The maximum absolute atomic E-state index is 12.9. The van der Waals surface area contributed by atoms with Gasteiger partial charge in [-0.25, -0.2) is 0 Å². The number of methoxy groups -OCH3 is 3. The second-order valence-electron chi connectivity index (χ2n) is 6.28. The fraction of sp³-hybridized carbons (Fsp3) is 0.300. The first-order valence-electron chi connectivity index (χ1n) is 9.10. The largest absolute Gasteiger partial charge is 0.493 e. The number of nitrogens with zero attached hydrogens (tertiary/aromatic N) is 3. The highest BCUT2D eigenvalue weighted by Crippen LogP contribution is 2.38. The van der Waals surface area contributed by atoms with Gasteiger partial charge in [0.05, 0.1) is 36.5 Å². The first kappa shape index (κ1) is 21.3. The van der Waals surface area contributed by atoms with Gasteiger partial charge in [-0.1, -0.05) is 18.3 Å². The van der Waals surface area contributed by atoms with Crippen LogP contribution in [-0.2, 0) is 6.54 Å². The molecule has 0 N–H and O–H groups in total. The molecule has 1 heterocycles. The smallest absolute Gasteiger partial charge is 0.279 e. The van der Waals surface area contributed by atoms with Gasteiger partial charge in [0.2, 0.25) is 5.75 Å². The number of aromatic nitrogens is 1. The molecule has 0 atom stereocenters. The van der Waals surface area contributed by atoms with Crippen molar-refractivity contribution in [3.63, 3.8) is 0 Å². The molecular weight excluding hydrogens is 410 g/mol. The Morgan fingerprint density at radius 1 is 1.13 bits per heavy atom. The molecule has 1 amide bonds. The Balaban J connectivity index is 2.15. The highest BCUT2D eigenvalue weighted by Gasteiger charge is 2.18. The molecule has 0 radical (unpaired) electrons. The van der Waals surface area contributed by atoms with Crippen LogP contribution in [0.3, 0.4) is 0 Å². The van der Waals surface area contributed by atoms with Crippen LogP contribution >= 0.6 is 11.3 Å². The number of nitro benzene ring substituents is 1. The van der Waals surface area contributed by atoms with Gasteiger partial charge in [0.25, 0.3) is 11.6 Å². The van der Waals surface area contributed by atoms with E-state index in [1.165, 1.54) is 56.9 Å². The first-order chi connectivity index (χ1) is 14.4. The van der Waals surface area contributed by atoms with E-state index in [1.807, 2.05) is 11.5 Å². The van der Waals surface area contributed by atoms with Crippen LogP contribution in [0.2, 0.25) is 0 Å². The second-order valence-corrected chi connectivity index (χ2v) is 7.29.